The quantitative estimate of drug-likeness (QED) is 0.115. The minimum Gasteiger partial charge on any atom is -0.439 e. The number of oxime groups is 2. The minimum absolute atomic E-state index is 0.0255. The molecule has 8 N–H and O–H groups in total. The number of nitrogens with zero attached hydrogens (tertiary/aromatic N) is 3. The molecule has 1 fully saturated rings. The lowest BCUT2D eigenvalue weighted by Crippen LogP contribution is -2.42. The van der Waals surface area contributed by atoms with E-state index in [1.54, 1.807) is 60.7 Å². The summed E-state index contributed by atoms with van der Waals surface area (Å²) in [5, 5.41) is 29.9. The molecule has 0 aliphatic carbocycles. The third-order valence-corrected chi connectivity index (χ3v) is 5.71. The Hall–Kier alpha value is -4.84. The van der Waals surface area contributed by atoms with E-state index in [1.807, 2.05) is 0 Å². The van der Waals surface area contributed by atoms with Crippen molar-refractivity contribution in [1.82, 2.24) is 15.6 Å². The number of carbonyl (C=O) groups excluding carboxylic acids is 1. The number of carbonyl (C=O) groups is 1. The fraction of sp³-hybridized carbons (Fsp3) is 0.200. The average Bonchev–Trinajstić information content (AvgIpc) is 2.93. The molecule has 192 valence electrons. The second-order valence-electron chi connectivity index (χ2n) is 8.22. The molecular formula is C25H27N7O5. The van der Waals surface area contributed by atoms with Crippen LogP contribution in [0.15, 0.2) is 71.0 Å². The van der Waals surface area contributed by atoms with Crippen molar-refractivity contribution in [1.29, 1.82) is 0 Å². The van der Waals surface area contributed by atoms with Gasteiger partial charge in [0.2, 0.25) is 11.8 Å². The molecule has 0 bridgehead atoms. The van der Waals surface area contributed by atoms with Crippen LogP contribution in [-0.2, 0) is 0 Å². The Morgan fingerprint density at radius 3 is 1.95 bits per heavy atom. The van der Waals surface area contributed by atoms with Crippen molar-refractivity contribution in [2.45, 2.75) is 18.9 Å². The molecule has 37 heavy (non-hydrogen) atoms. The number of nitrogens with one attached hydrogen (secondary N) is 2. The normalized spacial score (nSPS) is 14.7. The maximum Gasteiger partial charge on any atom is 0.257 e. The van der Waals surface area contributed by atoms with E-state index < -0.39 is 0 Å². The largest absolute Gasteiger partial charge is 0.439 e. The number of aromatic nitrogens is 1. The zero-order valence-electron chi connectivity index (χ0n) is 19.8. The SMILES string of the molecule is N/C(=N\O)c1ccc(Oc2ccc(C(=O)NC3CCNCC3)c(Oc3ccc(/C(N)=N/O)cc3)n2)cc1. The number of ether oxygens (including phenoxy) is 2. The van der Waals surface area contributed by atoms with Gasteiger partial charge in [0.1, 0.15) is 17.1 Å². The predicted molar refractivity (Wildman–Crippen MR) is 136 cm³/mol. The van der Waals surface area contributed by atoms with Crippen LogP contribution in [0.1, 0.15) is 34.3 Å². The highest BCUT2D eigenvalue weighted by Gasteiger charge is 2.21. The summed E-state index contributed by atoms with van der Waals surface area (Å²) < 4.78 is 11.8. The van der Waals surface area contributed by atoms with Gasteiger partial charge in [-0.3, -0.25) is 4.79 Å². The van der Waals surface area contributed by atoms with E-state index >= 15 is 0 Å². The molecule has 0 atom stereocenters. The topological polar surface area (TPSA) is 190 Å². The molecule has 0 radical (unpaired) electrons. The fourth-order valence-corrected chi connectivity index (χ4v) is 3.70. The van der Waals surface area contributed by atoms with E-state index in [0.717, 1.165) is 25.9 Å². The van der Waals surface area contributed by atoms with E-state index in [4.69, 9.17) is 31.4 Å². The third kappa shape index (κ3) is 6.44. The van der Waals surface area contributed by atoms with Gasteiger partial charge in [0.15, 0.2) is 11.7 Å². The summed E-state index contributed by atoms with van der Waals surface area (Å²) in [6.07, 6.45) is 1.65. The number of hydrogen-bond acceptors (Lipinski definition) is 9. The van der Waals surface area contributed by atoms with Crippen LogP contribution in [0.25, 0.3) is 0 Å². The van der Waals surface area contributed by atoms with E-state index in [-0.39, 0.29) is 40.9 Å². The van der Waals surface area contributed by atoms with Crippen molar-refractivity contribution < 1.29 is 24.7 Å². The summed E-state index contributed by atoms with van der Waals surface area (Å²) >= 11 is 0. The second kappa shape index (κ2) is 11.7. The second-order valence-corrected chi connectivity index (χ2v) is 8.22. The van der Waals surface area contributed by atoms with Gasteiger partial charge >= 0.3 is 0 Å². The summed E-state index contributed by atoms with van der Waals surface area (Å²) in [5.74, 6) is 0.702. The smallest absolute Gasteiger partial charge is 0.257 e. The molecule has 1 saturated heterocycles. The molecule has 0 unspecified atom stereocenters. The van der Waals surface area contributed by atoms with Gasteiger partial charge in [-0.2, -0.15) is 4.98 Å². The Bertz CT molecular complexity index is 1290. The molecule has 3 aromatic rings. The Kier molecular flexibility index (Phi) is 8.01. The number of nitrogens with two attached hydrogens (primary N) is 2. The van der Waals surface area contributed by atoms with Crippen LogP contribution in [0.2, 0.25) is 0 Å². The maximum atomic E-state index is 13.1. The fourth-order valence-electron chi connectivity index (χ4n) is 3.70. The summed E-state index contributed by atoms with van der Waals surface area (Å²) in [7, 11) is 0. The highest BCUT2D eigenvalue weighted by atomic mass is 16.5. The first kappa shape index (κ1) is 25.3. The first-order valence-electron chi connectivity index (χ1n) is 11.5. The van der Waals surface area contributed by atoms with Crippen LogP contribution in [0, 0.1) is 0 Å². The molecule has 2 heterocycles. The van der Waals surface area contributed by atoms with E-state index in [0.29, 0.717) is 22.6 Å². The molecule has 4 rings (SSSR count). The van der Waals surface area contributed by atoms with Crippen LogP contribution in [-0.4, -0.2) is 52.1 Å². The maximum absolute atomic E-state index is 13.1. The van der Waals surface area contributed by atoms with Gasteiger partial charge in [-0.05, 0) is 80.5 Å². The molecule has 12 nitrogen and oxygen atoms in total. The summed E-state index contributed by atoms with van der Waals surface area (Å²) in [5.41, 5.74) is 12.5. The van der Waals surface area contributed by atoms with Crippen LogP contribution >= 0.6 is 0 Å². The van der Waals surface area contributed by atoms with Crippen molar-refractivity contribution >= 4 is 17.6 Å². The zero-order valence-corrected chi connectivity index (χ0v) is 19.8. The number of piperidine rings is 1. The average molecular weight is 506 g/mol. The monoisotopic (exact) mass is 505 g/mol. The van der Waals surface area contributed by atoms with Gasteiger partial charge in [-0.1, -0.05) is 10.3 Å². The molecular weight excluding hydrogens is 478 g/mol. The van der Waals surface area contributed by atoms with Crippen LogP contribution in [0.5, 0.6) is 23.3 Å². The van der Waals surface area contributed by atoms with Gasteiger partial charge in [0.05, 0.1) is 0 Å². The van der Waals surface area contributed by atoms with Gasteiger partial charge in [-0.25, -0.2) is 0 Å². The molecule has 0 saturated carbocycles. The van der Waals surface area contributed by atoms with Crippen molar-refractivity contribution in [2.24, 2.45) is 21.8 Å². The predicted octanol–water partition coefficient (Wildman–Crippen LogP) is 2.34. The van der Waals surface area contributed by atoms with E-state index in [9.17, 15) is 4.79 Å². The number of pyridine rings is 1. The molecule has 12 heteroatoms. The molecule has 1 aromatic heterocycles. The van der Waals surface area contributed by atoms with E-state index in [1.165, 1.54) is 0 Å². The third-order valence-electron chi connectivity index (χ3n) is 5.71. The molecule has 1 aliphatic heterocycles. The number of rotatable bonds is 8. The highest BCUT2D eigenvalue weighted by molar-refractivity contribution is 5.98. The first-order valence-corrected chi connectivity index (χ1v) is 11.5. The summed E-state index contributed by atoms with van der Waals surface area (Å²) in [6, 6.07) is 16.2. The van der Waals surface area contributed by atoms with Gasteiger partial charge in [-0.15, -0.1) is 0 Å². The van der Waals surface area contributed by atoms with Crippen molar-refractivity contribution in [3.8, 4) is 23.3 Å². The van der Waals surface area contributed by atoms with Gasteiger partial charge in [0, 0.05) is 23.2 Å². The van der Waals surface area contributed by atoms with Crippen molar-refractivity contribution in [3.63, 3.8) is 0 Å². The number of hydrogen-bond donors (Lipinski definition) is 6. The van der Waals surface area contributed by atoms with Crippen molar-refractivity contribution in [2.75, 3.05) is 13.1 Å². The number of amides is 1. The Labute approximate surface area is 212 Å². The number of benzene rings is 2. The summed E-state index contributed by atoms with van der Waals surface area (Å²) in [6.45, 7) is 1.67. The van der Waals surface area contributed by atoms with Crippen LogP contribution in [0.3, 0.4) is 0 Å². The standard InChI is InChI=1S/C25H27N7O5/c26-22(31-34)15-1-5-18(6-2-15)36-21-10-9-20(24(33)29-17-11-13-28-14-12-17)25(30-21)37-19-7-3-16(4-8-19)23(27)32-35/h1-10,17,28,34-35H,11-14H2,(H2,26,31)(H2,27,32)(H,29,33). The lowest BCUT2D eigenvalue weighted by Gasteiger charge is -2.24. The van der Waals surface area contributed by atoms with Gasteiger partial charge in [0.25, 0.3) is 5.91 Å². The van der Waals surface area contributed by atoms with Gasteiger partial charge < -0.3 is 42.0 Å². The molecule has 0 spiro atoms. The molecule has 2 aromatic carbocycles. The number of amidine groups is 2. The lowest BCUT2D eigenvalue weighted by molar-refractivity contribution is 0.0926. The summed E-state index contributed by atoms with van der Waals surface area (Å²) in [4.78, 5) is 17.5. The zero-order chi connectivity index (χ0) is 26.2. The van der Waals surface area contributed by atoms with Crippen LogP contribution < -0.4 is 31.6 Å². The highest BCUT2D eigenvalue weighted by Crippen LogP contribution is 2.29. The first-order chi connectivity index (χ1) is 18.0. The van der Waals surface area contributed by atoms with E-state index in [2.05, 4.69) is 25.9 Å². The van der Waals surface area contributed by atoms with Crippen LogP contribution in [0.4, 0.5) is 0 Å². The molecule has 1 aliphatic rings. The Morgan fingerprint density at radius 2 is 1.41 bits per heavy atom. The molecule has 1 amide bonds. The Morgan fingerprint density at radius 1 is 0.865 bits per heavy atom. The minimum atomic E-state index is -0.308. The van der Waals surface area contributed by atoms with Crippen molar-refractivity contribution in [3.05, 3.63) is 77.4 Å². The Balaban J connectivity index is 1.59. The lowest BCUT2D eigenvalue weighted by atomic mass is 10.1.